The predicted molar refractivity (Wildman–Crippen MR) is 64.3 cm³/mol. The Labute approximate surface area is 101 Å². The standard InChI is InChI=1S/C12H17ClN2O/c13-12-10(4-2-6-15-12)8-14-7-9-3-1-5-11(9)16/h2,4,6,9,11,14,16H,1,3,5,7-8H2. The second kappa shape index (κ2) is 5.62. The maximum Gasteiger partial charge on any atom is 0.133 e. The normalized spacial score (nSPS) is 24.9. The first kappa shape index (κ1) is 11.8. The van der Waals surface area contributed by atoms with Gasteiger partial charge < -0.3 is 10.4 Å². The molecule has 1 aromatic heterocycles. The van der Waals surface area contributed by atoms with E-state index in [0.717, 1.165) is 37.9 Å². The predicted octanol–water partition coefficient (Wildman–Crippen LogP) is 1.99. The van der Waals surface area contributed by atoms with E-state index >= 15 is 0 Å². The van der Waals surface area contributed by atoms with Gasteiger partial charge >= 0.3 is 0 Å². The molecule has 0 bridgehead atoms. The molecule has 2 N–H and O–H groups in total. The number of aliphatic hydroxyl groups excluding tert-OH is 1. The lowest BCUT2D eigenvalue weighted by molar-refractivity contribution is 0.131. The lowest BCUT2D eigenvalue weighted by Crippen LogP contribution is -2.27. The molecule has 1 aliphatic rings. The van der Waals surface area contributed by atoms with Crippen LogP contribution in [-0.4, -0.2) is 22.7 Å². The number of pyridine rings is 1. The Morgan fingerprint density at radius 2 is 2.38 bits per heavy atom. The van der Waals surface area contributed by atoms with Crippen LogP contribution >= 0.6 is 11.6 Å². The van der Waals surface area contributed by atoms with Crippen molar-refractivity contribution >= 4 is 11.6 Å². The maximum absolute atomic E-state index is 9.66. The summed E-state index contributed by atoms with van der Waals surface area (Å²) in [4.78, 5) is 4.02. The molecular weight excluding hydrogens is 224 g/mol. The van der Waals surface area contributed by atoms with Gasteiger partial charge in [-0.3, -0.25) is 0 Å². The average Bonchev–Trinajstić information content (AvgIpc) is 2.67. The van der Waals surface area contributed by atoms with Gasteiger partial charge in [0.1, 0.15) is 5.15 Å². The second-order valence-electron chi connectivity index (χ2n) is 4.34. The molecule has 2 unspecified atom stereocenters. The first-order valence-electron chi connectivity index (χ1n) is 5.75. The van der Waals surface area contributed by atoms with Crippen molar-refractivity contribution in [3.05, 3.63) is 29.0 Å². The average molecular weight is 241 g/mol. The number of rotatable bonds is 4. The van der Waals surface area contributed by atoms with Gasteiger partial charge in [0.15, 0.2) is 0 Å². The number of hydrogen-bond donors (Lipinski definition) is 2. The van der Waals surface area contributed by atoms with E-state index in [2.05, 4.69) is 10.3 Å². The van der Waals surface area contributed by atoms with Crippen molar-refractivity contribution < 1.29 is 5.11 Å². The molecule has 16 heavy (non-hydrogen) atoms. The van der Waals surface area contributed by atoms with Crippen molar-refractivity contribution in [2.75, 3.05) is 6.54 Å². The van der Waals surface area contributed by atoms with E-state index in [9.17, 15) is 5.11 Å². The van der Waals surface area contributed by atoms with Crippen LogP contribution in [0.4, 0.5) is 0 Å². The minimum atomic E-state index is -0.128. The topological polar surface area (TPSA) is 45.1 Å². The van der Waals surface area contributed by atoms with Crippen LogP contribution in [0.25, 0.3) is 0 Å². The van der Waals surface area contributed by atoms with Gasteiger partial charge in [-0.25, -0.2) is 4.98 Å². The zero-order valence-electron chi connectivity index (χ0n) is 9.19. The molecule has 1 fully saturated rings. The lowest BCUT2D eigenvalue weighted by atomic mass is 10.1. The third-order valence-corrected chi connectivity index (χ3v) is 3.52. The lowest BCUT2D eigenvalue weighted by Gasteiger charge is -2.15. The van der Waals surface area contributed by atoms with Gasteiger partial charge in [0.2, 0.25) is 0 Å². The van der Waals surface area contributed by atoms with Crippen molar-refractivity contribution in [3.63, 3.8) is 0 Å². The quantitative estimate of drug-likeness (QED) is 0.792. The minimum absolute atomic E-state index is 0.128. The third-order valence-electron chi connectivity index (χ3n) is 3.18. The fourth-order valence-electron chi connectivity index (χ4n) is 2.20. The Morgan fingerprint density at radius 1 is 1.50 bits per heavy atom. The number of aliphatic hydroxyl groups is 1. The molecule has 1 aromatic rings. The van der Waals surface area contributed by atoms with Gasteiger partial charge in [0.05, 0.1) is 6.10 Å². The third kappa shape index (κ3) is 2.94. The van der Waals surface area contributed by atoms with E-state index in [1.54, 1.807) is 6.20 Å². The number of aromatic nitrogens is 1. The molecule has 1 saturated carbocycles. The molecule has 0 amide bonds. The monoisotopic (exact) mass is 240 g/mol. The van der Waals surface area contributed by atoms with Crippen LogP contribution < -0.4 is 5.32 Å². The fraction of sp³-hybridized carbons (Fsp3) is 0.583. The van der Waals surface area contributed by atoms with Crippen molar-refractivity contribution in [2.45, 2.75) is 31.9 Å². The molecule has 4 heteroatoms. The summed E-state index contributed by atoms with van der Waals surface area (Å²) in [7, 11) is 0. The Kier molecular flexibility index (Phi) is 4.16. The number of nitrogens with zero attached hydrogens (tertiary/aromatic N) is 1. The van der Waals surface area contributed by atoms with E-state index in [0.29, 0.717) is 11.1 Å². The molecule has 0 spiro atoms. The van der Waals surface area contributed by atoms with E-state index in [1.165, 1.54) is 0 Å². The molecular formula is C12H17ClN2O. The number of halogens is 1. The Hall–Kier alpha value is -0.640. The minimum Gasteiger partial charge on any atom is -0.393 e. The summed E-state index contributed by atoms with van der Waals surface area (Å²) >= 11 is 5.95. The summed E-state index contributed by atoms with van der Waals surface area (Å²) in [6.07, 6.45) is 4.76. The molecule has 1 aliphatic carbocycles. The van der Waals surface area contributed by atoms with Crippen LogP contribution in [-0.2, 0) is 6.54 Å². The number of hydrogen-bond acceptors (Lipinski definition) is 3. The highest BCUT2D eigenvalue weighted by Gasteiger charge is 2.24. The number of nitrogens with one attached hydrogen (secondary N) is 1. The van der Waals surface area contributed by atoms with Crippen LogP contribution in [0.15, 0.2) is 18.3 Å². The summed E-state index contributed by atoms with van der Waals surface area (Å²) in [5.41, 5.74) is 1.01. The SMILES string of the molecule is OC1CCCC1CNCc1cccnc1Cl. The van der Waals surface area contributed by atoms with E-state index in [4.69, 9.17) is 11.6 Å². The molecule has 0 saturated heterocycles. The second-order valence-corrected chi connectivity index (χ2v) is 4.70. The first-order valence-corrected chi connectivity index (χ1v) is 6.13. The van der Waals surface area contributed by atoms with Crippen LogP contribution in [0.1, 0.15) is 24.8 Å². The van der Waals surface area contributed by atoms with Crippen LogP contribution in [0.2, 0.25) is 5.15 Å². The van der Waals surface area contributed by atoms with Gasteiger partial charge in [-0.1, -0.05) is 24.1 Å². The smallest absolute Gasteiger partial charge is 0.133 e. The fourth-order valence-corrected chi connectivity index (χ4v) is 2.38. The summed E-state index contributed by atoms with van der Waals surface area (Å²) in [6.45, 7) is 1.57. The molecule has 0 aromatic carbocycles. The van der Waals surface area contributed by atoms with Gasteiger partial charge in [-0.05, 0) is 24.8 Å². The molecule has 3 nitrogen and oxygen atoms in total. The summed E-state index contributed by atoms with van der Waals surface area (Å²) < 4.78 is 0. The molecule has 0 aliphatic heterocycles. The zero-order valence-corrected chi connectivity index (χ0v) is 9.95. The van der Waals surface area contributed by atoms with Crippen molar-refractivity contribution in [1.82, 2.24) is 10.3 Å². The summed E-state index contributed by atoms with van der Waals surface area (Å²) in [5, 5.41) is 13.6. The van der Waals surface area contributed by atoms with E-state index in [-0.39, 0.29) is 6.10 Å². The molecule has 1 heterocycles. The largest absolute Gasteiger partial charge is 0.393 e. The highest BCUT2D eigenvalue weighted by atomic mass is 35.5. The summed E-state index contributed by atoms with van der Waals surface area (Å²) in [6, 6.07) is 3.85. The molecule has 0 radical (unpaired) electrons. The van der Waals surface area contributed by atoms with E-state index in [1.807, 2.05) is 12.1 Å². The Balaban J connectivity index is 1.78. The van der Waals surface area contributed by atoms with E-state index < -0.39 is 0 Å². The van der Waals surface area contributed by atoms with Gasteiger partial charge in [0, 0.05) is 24.8 Å². The first-order chi connectivity index (χ1) is 7.77. The molecule has 2 atom stereocenters. The highest BCUT2D eigenvalue weighted by molar-refractivity contribution is 6.30. The van der Waals surface area contributed by atoms with Gasteiger partial charge in [-0.2, -0.15) is 0 Å². The molecule has 2 rings (SSSR count). The van der Waals surface area contributed by atoms with Crippen LogP contribution in [0.5, 0.6) is 0 Å². The summed E-state index contributed by atoms with van der Waals surface area (Å²) in [5.74, 6) is 0.399. The zero-order chi connectivity index (χ0) is 11.4. The highest BCUT2D eigenvalue weighted by Crippen LogP contribution is 2.24. The van der Waals surface area contributed by atoms with Crippen LogP contribution in [0, 0.1) is 5.92 Å². The molecule has 88 valence electrons. The Morgan fingerprint density at radius 3 is 3.06 bits per heavy atom. The maximum atomic E-state index is 9.66. The van der Waals surface area contributed by atoms with Crippen molar-refractivity contribution in [2.24, 2.45) is 5.92 Å². The Bertz CT molecular complexity index is 346. The van der Waals surface area contributed by atoms with Gasteiger partial charge in [0.25, 0.3) is 0 Å². The van der Waals surface area contributed by atoms with Crippen LogP contribution in [0.3, 0.4) is 0 Å². The van der Waals surface area contributed by atoms with Crippen molar-refractivity contribution in [1.29, 1.82) is 0 Å². The van der Waals surface area contributed by atoms with Gasteiger partial charge in [-0.15, -0.1) is 0 Å². The van der Waals surface area contributed by atoms with Crippen molar-refractivity contribution in [3.8, 4) is 0 Å².